The first-order valence-electron chi connectivity index (χ1n) is 7.66. The minimum absolute atomic E-state index is 0.0225. The molecule has 2 rings (SSSR count). The van der Waals surface area contributed by atoms with Crippen molar-refractivity contribution in [2.24, 2.45) is 0 Å². The molecule has 0 aliphatic carbocycles. The molecule has 0 radical (unpaired) electrons. The zero-order valence-electron chi connectivity index (χ0n) is 13.6. The smallest absolute Gasteiger partial charge is 0.412 e. The number of carbonyl (C=O) groups excluding carboxylic acids is 2. The van der Waals surface area contributed by atoms with Crippen molar-refractivity contribution < 1.29 is 28.9 Å². The van der Waals surface area contributed by atoms with E-state index in [4.69, 9.17) is 19.3 Å². The summed E-state index contributed by atoms with van der Waals surface area (Å²) in [5.74, 6) is 0.404. The first-order chi connectivity index (χ1) is 12.2. The second kappa shape index (κ2) is 9.29. The fourth-order valence-electron chi connectivity index (χ4n) is 2.11. The van der Waals surface area contributed by atoms with Crippen molar-refractivity contribution in [1.82, 2.24) is 5.32 Å². The Balaban J connectivity index is 2.02. The normalized spacial score (nSPS) is 10.1. The van der Waals surface area contributed by atoms with Crippen LogP contribution in [0.5, 0.6) is 11.5 Å². The number of fused-ring (bicyclic) bond motifs is 1. The van der Waals surface area contributed by atoms with Crippen molar-refractivity contribution in [2.45, 2.75) is 0 Å². The van der Waals surface area contributed by atoms with Gasteiger partial charge in [-0.05, 0) is 12.1 Å². The van der Waals surface area contributed by atoms with Gasteiger partial charge in [-0.3, -0.25) is 0 Å². The van der Waals surface area contributed by atoms with Crippen LogP contribution >= 0.6 is 0 Å². The van der Waals surface area contributed by atoms with Gasteiger partial charge in [0.2, 0.25) is 0 Å². The van der Waals surface area contributed by atoms with Gasteiger partial charge in [-0.1, -0.05) is 30.8 Å². The maximum Gasteiger partial charge on any atom is 0.412 e. The zero-order valence-corrected chi connectivity index (χ0v) is 13.6. The summed E-state index contributed by atoms with van der Waals surface area (Å²) in [6.07, 6.45) is 0.383. The number of rotatable bonds is 8. The zero-order chi connectivity index (χ0) is 18.1. The van der Waals surface area contributed by atoms with Crippen molar-refractivity contribution in [1.29, 1.82) is 0 Å². The lowest BCUT2D eigenvalue weighted by molar-refractivity contribution is -0.137. The lowest BCUT2D eigenvalue weighted by atomic mass is 10.1. The average Bonchev–Trinajstić information content (AvgIpc) is 2.64. The Labute approximate surface area is 144 Å². The van der Waals surface area contributed by atoms with E-state index in [0.717, 1.165) is 11.5 Å². The van der Waals surface area contributed by atoms with Crippen LogP contribution in [0.2, 0.25) is 0 Å². The van der Waals surface area contributed by atoms with Crippen LogP contribution in [-0.4, -0.2) is 43.5 Å². The highest BCUT2D eigenvalue weighted by Gasteiger charge is 2.11. The van der Waals surface area contributed by atoms with Crippen LogP contribution in [0.4, 0.5) is 4.79 Å². The van der Waals surface area contributed by atoms with E-state index in [9.17, 15) is 9.59 Å². The molecular weight excluding hydrogens is 326 g/mol. The van der Waals surface area contributed by atoms with Gasteiger partial charge in [-0.2, -0.15) is 0 Å². The van der Waals surface area contributed by atoms with Gasteiger partial charge in [-0.15, -0.1) is 0 Å². The molecule has 0 fully saturated rings. The fourth-order valence-corrected chi connectivity index (χ4v) is 2.11. The van der Waals surface area contributed by atoms with E-state index in [-0.39, 0.29) is 26.4 Å². The van der Waals surface area contributed by atoms with Gasteiger partial charge in [0, 0.05) is 16.8 Å². The van der Waals surface area contributed by atoms with Crippen molar-refractivity contribution in [3.63, 3.8) is 0 Å². The third-order valence-corrected chi connectivity index (χ3v) is 3.18. The summed E-state index contributed by atoms with van der Waals surface area (Å²) in [6.45, 7) is 3.50. The predicted octanol–water partition coefficient (Wildman–Crippen LogP) is 2.03. The van der Waals surface area contributed by atoms with E-state index in [1.54, 1.807) is 18.2 Å². The number of aliphatic hydroxyl groups is 1. The molecule has 0 spiro atoms. The maximum absolute atomic E-state index is 11.9. The van der Waals surface area contributed by atoms with Crippen molar-refractivity contribution in [3.05, 3.63) is 49.1 Å². The Hall–Kier alpha value is -3.06. The van der Waals surface area contributed by atoms with Gasteiger partial charge in [-0.25, -0.2) is 9.59 Å². The highest BCUT2D eigenvalue weighted by Crippen LogP contribution is 2.33. The molecule has 0 heterocycles. The first kappa shape index (κ1) is 18.3. The molecule has 1 amide bonds. The van der Waals surface area contributed by atoms with E-state index in [1.165, 1.54) is 0 Å². The molecule has 7 heteroatoms. The molecule has 2 aromatic carbocycles. The van der Waals surface area contributed by atoms with E-state index >= 15 is 0 Å². The van der Waals surface area contributed by atoms with Gasteiger partial charge in [0.05, 0.1) is 13.2 Å². The van der Waals surface area contributed by atoms with Crippen molar-refractivity contribution >= 4 is 22.8 Å². The minimum Gasteiger partial charge on any atom is -0.491 e. The van der Waals surface area contributed by atoms with Crippen LogP contribution in [0.1, 0.15) is 0 Å². The molecule has 25 heavy (non-hydrogen) atoms. The number of benzene rings is 2. The molecule has 7 nitrogen and oxygen atoms in total. The number of ether oxygens (including phenoxy) is 3. The van der Waals surface area contributed by atoms with Gasteiger partial charge in [0.1, 0.15) is 24.7 Å². The Kier molecular flexibility index (Phi) is 6.79. The highest BCUT2D eigenvalue weighted by molar-refractivity contribution is 5.94. The van der Waals surface area contributed by atoms with Crippen LogP contribution < -0.4 is 14.8 Å². The Morgan fingerprint density at radius 2 is 1.76 bits per heavy atom. The lowest BCUT2D eigenvalue weighted by Gasteiger charge is -2.12. The molecule has 2 aromatic rings. The third-order valence-electron chi connectivity index (χ3n) is 3.18. The number of nitrogens with one attached hydrogen (secondary N) is 1. The van der Waals surface area contributed by atoms with Crippen molar-refractivity contribution in [2.75, 3.05) is 26.4 Å². The molecule has 0 aliphatic rings. The molecule has 132 valence electrons. The number of hydrogen-bond donors (Lipinski definition) is 2. The maximum atomic E-state index is 11.9. The highest BCUT2D eigenvalue weighted by atomic mass is 16.6. The number of amides is 1. The Morgan fingerprint density at radius 1 is 1.08 bits per heavy atom. The topological polar surface area (TPSA) is 94.1 Å². The molecule has 0 atom stereocenters. The lowest BCUT2D eigenvalue weighted by Crippen LogP contribution is -2.30. The van der Waals surface area contributed by atoms with Crippen LogP contribution in [0.25, 0.3) is 10.8 Å². The molecule has 0 unspecified atom stereocenters. The summed E-state index contributed by atoms with van der Waals surface area (Å²) in [5, 5.41) is 12.8. The molecule has 0 saturated carbocycles. The monoisotopic (exact) mass is 345 g/mol. The quantitative estimate of drug-likeness (QED) is 0.432. The van der Waals surface area contributed by atoms with E-state index < -0.39 is 12.1 Å². The Morgan fingerprint density at radius 3 is 2.44 bits per heavy atom. The van der Waals surface area contributed by atoms with Crippen LogP contribution in [-0.2, 0) is 9.53 Å². The summed E-state index contributed by atoms with van der Waals surface area (Å²) >= 11 is 0. The first-order valence-corrected chi connectivity index (χ1v) is 7.66. The van der Waals surface area contributed by atoms with Crippen LogP contribution in [0, 0.1) is 0 Å². The number of esters is 1. The molecule has 0 saturated heterocycles. The van der Waals surface area contributed by atoms with Gasteiger partial charge in [0.25, 0.3) is 0 Å². The standard InChI is InChI=1S/C18H19NO6/c1-2-17(21)24-11-9-19-18(22)25-16-8-7-15(23-12-10-20)13-5-3-4-6-14(13)16/h2-8,20H,1,9-12H2,(H,19,22). The van der Waals surface area contributed by atoms with Crippen LogP contribution in [0.3, 0.4) is 0 Å². The van der Waals surface area contributed by atoms with Gasteiger partial charge in [0.15, 0.2) is 0 Å². The molecule has 0 aromatic heterocycles. The predicted molar refractivity (Wildman–Crippen MR) is 91.7 cm³/mol. The molecule has 0 bridgehead atoms. The van der Waals surface area contributed by atoms with Crippen molar-refractivity contribution in [3.8, 4) is 11.5 Å². The SMILES string of the molecule is C=CC(=O)OCCNC(=O)Oc1ccc(OCCO)c2ccccc12. The van der Waals surface area contributed by atoms with Gasteiger partial charge < -0.3 is 24.6 Å². The summed E-state index contributed by atoms with van der Waals surface area (Å²) < 4.78 is 15.5. The third kappa shape index (κ3) is 5.22. The summed E-state index contributed by atoms with van der Waals surface area (Å²) in [5.41, 5.74) is 0. The second-order valence-electron chi connectivity index (χ2n) is 4.87. The largest absolute Gasteiger partial charge is 0.491 e. The molecule has 2 N–H and O–H groups in total. The number of aliphatic hydroxyl groups excluding tert-OH is 1. The Bertz CT molecular complexity index is 758. The number of hydrogen-bond acceptors (Lipinski definition) is 6. The molecule has 0 aliphatic heterocycles. The summed E-state index contributed by atoms with van der Waals surface area (Å²) in [7, 11) is 0. The second-order valence-corrected chi connectivity index (χ2v) is 4.87. The van der Waals surface area contributed by atoms with E-state index in [0.29, 0.717) is 16.9 Å². The minimum atomic E-state index is -0.663. The average molecular weight is 345 g/mol. The van der Waals surface area contributed by atoms with E-state index in [1.807, 2.05) is 18.2 Å². The fraction of sp³-hybridized carbons (Fsp3) is 0.222. The molecular formula is C18H19NO6. The van der Waals surface area contributed by atoms with Gasteiger partial charge >= 0.3 is 12.1 Å². The number of carbonyl (C=O) groups is 2. The summed E-state index contributed by atoms with van der Waals surface area (Å²) in [4.78, 5) is 22.8. The van der Waals surface area contributed by atoms with Crippen LogP contribution in [0.15, 0.2) is 49.1 Å². The van der Waals surface area contributed by atoms with E-state index in [2.05, 4.69) is 11.9 Å². The summed E-state index contributed by atoms with van der Waals surface area (Å²) in [6, 6.07) is 10.6.